The summed E-state index contributed by atoms with van der Waals surface area (Å²) < 4.78 is 0. The number of fused-ring (bicyclic) bond motifs is 1. The predicted octanol–water partition coefficient (Wildman–Crippen LogP) is 4.78. The second kappa shape index (κ2) is 7.00. The highest BCUT2D eigenvalue weighted by Crippen LogP contribution is 2.23. The average Bonchev–Trinajstić information content (AvgIpc) is 2.40. The summed E-state index contributed by atoms with van der Waals surface area (Å²) in [6.07, 6.45) is 2.99. The summed E-state index contributed by atoms with van der Waals surface area (Å²) in [6.45, 7) is 10.5. The van der Waals surface area contributed by atoms with Gasteiger partial charge in [0.15, 0.2) is 0 Å². The molecular weight excluding hydrogens is 220 g/mol. The van der Waals surface area contributed by atoms with E-state index in [4.69, 9.17) is 0 Å². The summed E-state index contributed by atoms with van der Waals surface area (Å²) in [6, 6.07) is 8.93. The van der Waals surface area contributed by atoms with Gasteiger partial charge in [-0.2, -0.15) is 0 Å². The molecule has 0 saturated heterocycles. The van der Waals surface area contributed by atoms with Crippen molar-refractivity contribution in [1.82, 2.24) is 4.98 Å². The second-order valence-electron chi connectivity index (χ2n) is 4.33. The monoisotopic (exact) mass is 244 g/mol. The van der Waals surface area contributed by atoms with Crippen LogP contribution in [0.1, 0.15) is 39.7 Å². The maximum absolute atomic E-state index is 4.40. The highest BCUT2D eigenvalue weighted by Gasteiger charge is 2.04. The summed E-state index contributed by atoms with van der Waals surface area (Å²) in [5.41, 5.74) is 3.49. The number of rotatable bonds is 3. The lowest BCUT2D eigenvalue weighted by atomic mass is 10.1. The van der Waals surface area contributed by atoms with E-state index in [-0.39, 0.29) is 0 Å². The topological polar surface area (TPSA) is 24.9 Å². The van der Waals surface area contributed by atoms with Gasteiger partial charge in [-0.3, -0.25) is 4.98 Å². The molecule has 1 unspecified atom stereocenters. The highest BCUT2D eigenvalue weighted by atomic mass is 14.9. The van der Waals surface area contributed by atoms with Gasteiger partial charge in [-0.05, 0) is 38.0 Å². The third-order valence-electron chi connectivity index (χ3n) is 2.91. The Morgan fingerprint density at radius 3 is 2.61 bits per heavy atom. The molecule has 1 N–H and O–H groups in total. The summed E-state index contributed by atoms with van der Waals surface area (Å²) in [7, 11) is 0. The van der Waals surface area contributed by atoms with Gasteiger partial charge in [0.1, 0.15) is 0 Å². The summed E-state index contributed by atoms with van der Waals surface area (Å²) in [4.78, 5) is 4.40. The predicted molar refractivity (Wildman–Crippen MR) is 81.2 cm³/mol. The van der Waals surface area contributed by atoms with E-state index in [1.54, 1.807) is 0 Å². The van der Waals surface area contributed by atoms with Crippen molar-refractivity contribution < 1.29 is 0 Å². The molecule has 1 aromatic carbocycles. The van der Waals surface area contributed by atoms with Gasteiger partial charge in [-0.15, -0.1) is 0 Å². The summed E-state index contributed by atoms with van der Waals surface area (Å²) >= 11 is 0. The highest BCUT2D eigenvalue weighted by molar-refractivity contribution is 5.91. The minimum Gasteiger partial charge on any atom is -0.382 e. The Kier molecular flexibility index (Phi) is 5.63. The zero-order valence-electron chi connectivity index (χ0n) is 12.1. The molecule has 0 bridgehead atoms. The molecule has 2 heteroatoms. The van der Waals surface area contributed by atoms with E-state index in [0.29, 0.717) is 6.04 Å². The molecule has 1 aromatic heterocycles. The van der Waals surface area contributed by atoms with Crippen LogP contribution in [0, 0.1) is 6.92 Å². The molecule has 98 valence electrons. The minimum atomic E-state index is 0.493. The van der Waals surface area contributed by atoms with Gasteiger partial charge >= 0.3 is 0 Å². The third-order valence-corrected chi connectivity index (χ3v) is 2.91. The first kappa shape index (κ1) is 14.5. The minimum absolute atomic E-state index is 0.493. The molecule has 1 heterocycles. The van der Waals surface area contributed by atoms with Gasteiger partial charge in [0.05, 0.1) is 5.52 Å². The maximum atomic E-state index is 4.40. The number of nitrogens with one attached hydrogen (secondary N) is 1. The van der Waals surface area contributed by atoms with Crippen LogP contribution in [-0.2, 0) is 0 Å². The van der Waals surface area contributed by atoms with E-state index in [2.05, 4.69) is 49.3 Å². The third kappa shape index (κ3) is 3.46. The van der Waals surface area contributed by atoms with Crippen LogP contribution in [0.5, 0.6) is 0 Å². The van der Waals surface area contributed by atoms with Crippen molar-refractivity contribution >= 4 is 16.6 Å². The number of anilines is 1. The second-order valence-corrected chi connectivity index (χ2v) is 4.33. The van der Waals surface area contributed by atoms with E-state index >= 15 is 0 Å². The van der Waals surface area contributed by atoms with E-state index < -0.39 is 0 Å². The fraction of sp³-hybridized carbons (Fsp3) is 0.438. The smallest absolute Gasteiger partial charge is 0.0725 e. The fourth-order valence-electron chi connectivity index (χ4n) is 1.75. The van der Waals surface area contributed by atoms with Crippen molar-refractivity contribution in [2.75, 3.05) is 5.32 Å². The quantitative estimate of drug-likeness (QED) is 0.840. The zero-order valence-corrected chi connectivity index (χ0v) is 12.1. The van der Waals surface area contributed by atoms with E-state index in [1.807, 2.05) is 26.1 Å². The van der Waals surface area contributed by atoms with E-state index in [9.17, 15) is 0 Å². The molecule has 1 atom stereocenters. The molecule has 0 saturated carbocycles. The van der Waals surface area contributed by atoms with Crippen molar-refractivity contribution in [2.24, 2.45) is 0 Å². The molecule has 0 radical (unpaired) electrons. The Morgan fingerprint density at radius 2 is 1.94 bits per heavy atom. The summed E-state index contributed by atoms with van der Waals surface area (Å²) in [5.74, 6) is 0. The van der Waals surface area contributed by atoms with Gasteiger partial charge in [-0.25, -0.2) is 0 Å². The Bertz CT molecular complexity index is 491. The molecule has 2 nitrogen and oxygen atoms in total. The first-order valence-electron chi connectivity index (χ1n) is 6.82. The van der Waals surface area contributed by atoms with Crippen LogP contribution in [0.3, 0.4) is 0 Å². The Balaban J connectivity index is 0.000000771. The van der Waals surface area contributed by atoms with Crippen LogP contribution in [0.25, 0.3) is 10.9 Å². The molecule has 0 amide bonds. The normalized spacial score (nSPS) is 11.6. The first-order valence-corrected chi connectivity index (χ1v) is 6.82. The molecule has 0 aliphatic carbocycles. The molecule has 0 aliphatic heterocycles. The van der Waals surface area contributed by atoms with Gasteiger partial charge < -0.3 is 5.32 Å². The maximum Gasteiger partial charge on any atom is 0.0725 e. The van der Waals surface area contributed by atoms with E-state index in [1.165, 1.54) is 16.6 Å². The van der Waals surface area contributed by atoms with Crippen LogP contribution in [0.4, 0.5) is 5.69 Å². The first-order chi connectivity index (χ1) is 8.70. The van der Waals surface area contributed by atoms with Crippen LogP contribution >= 0.6 is 0 Å². The van der Waals surface area contributed by atoms with Crippen molar-refractivity contribution in [3.05, 3.63) is 36.0 Å². The van der Waals surface area contributed by atoms with Crippen LogP contribution in [0.2, 0.25) is 0 Å². The average molecular weight is 244 g/mol. The number of aromatic nitrogens is 1. The standard InChI is InChI=1S/C14H18N2.C2H6/c1-4-11(3)16-13-7-8-15-14-9-10(2)5-6-12(13)14;1-2/h5-9,11H,4H2,1-3H3,(H,15,16);1-2H3. The largest absolute Gasteiger partial charge is 0.382 e. The lowest BCUT2D eigenvalue weighted by Gasteiger charge is -2.14. The van der Waals surface area contributed by atoms with Crippen LogP contribution in [0.15, 0.2) is 30.5 Å². The summed E-state index contributed by atoms with van der Waals surface area (Å²) in [5, 5.41) is 4.72. The number of hydrogen-bond donors (Lipinski definition) is 1. The molecule has 2 aromatic rings. The molecule has 0 aliphatic rings. The Labute approximate surface area is 110 Å². The number of pyridine rings is 1. The number of hydrogen-bond acceptors (Lipinski definition) is 2. The Hall–Kier alpha value is -1.57. The number of nitrogens with zero attached hydrogens (tertiary/aromatic N) is 1. The zero-order chi connectivity index (χ0) is 13.5. The van der Waals surface area contributed by atoms with Gasteiger partial charge in [0, 0.05) is 23.3 Å². The fourth-order valence-corrected chi connectivity index (χ4v) is 1.75. The van der Waals surface area contributed by atoms with Gasteiger partial charge in [-0.1, -0.05) is 32.9 Å². The number of aryl methyl sites for hydroxylation is 1. The molecule has 0 fully saturated rings. The van der Waals surface area contributed by atoms with Gasteiger partial charge in [0.25, 0.3) is 0 Å². The Morgan fingerprint density at radius 1 is 1.22 bits per heavy atom. The molecule has 0 spiro atoms. The SMILES string of the molecule is CC.CCC(C)Nc1ccnc2cc(C)ccc12. The van der Waals surface area contributed by atoms with E-state index in [0.717, 1.165) is 11.9 Å². The number of benzene rings is 1. The molecule has 18 heavy (non-hydrogen) atoms. The van der Waals surface area contributed by atoms with Crippen molar-refractivity contribution in [3.63, 3.8) is 0 Å². The van der Waals surface area contributed by atoms with Crippen molar-refractivity contribution in [1.29, 1.82) is 0 Å². The van der Waals surface area contributed by atoms with Crippen molar-refractivity contribution in [3.8, 4) is 0 Å². The van der Waals surface area contributed by atoms with Crippen LogP contribution in [-0.4, -0.2) is 11.0 Å². The van der Waals surface area contributed by atoms with Crippen LogP contribution < -0.4 is 5.32 Å². The molecule has 2 rings (SSSR count). The molecular formula is C16H24N2. The van der Waals surface area contributed by atoms with Crippen molar-refractivity contribution in [2.45, 2.75) is 47.1 Å². The van der Waals surface area contributed by atoms with Gasteiger partial charge in [0.2, 0.25) is 0 Å². The lowest BCUT2D eigenvalue weighted by Crippen LogP contribution is -2.13. The lowest BCUT2D eigenvalue weighted by molar-refractivity contribution is 0.765.